The predicted octanol–water partition coefficient (Wildman–Crippen LogP) is 1.29. The number of nitrogens with zero attached hydrogens (tertiary/aromatic N) is 1. The van der Waals surface area contributed by atoms with Crippen LogP contribution in [0.4, 0.5) is 5.82 Å². The molecule has 0 amide bonds. The number of hydrogen-bond donors (Lipinski definition) is 2. The topological polar surface area (TPSA) is 97.9 Å². The van der Waals surface area contributed by atoms with Gasteiger partial charge in [-0.3, -0.25) is 19.1 Å². The van der Waals surface area contributed by atoms with Gasteiger partial charge in [-0.05, 0) is 18.8 Å². The van der Waals surface area contributed by atoms with Gasteiger partial charge in [-0.25, -0.2) is 4.79 Å². The number of rotatable bonds is 3. The maximum atomic E-state index is 12.1. The molecule has 3 N–H and O–H groups in total. The molecular weight excluding hydrogens is 282 g/mol. The number of hydrogen-bond acceptors (Lipinski definition) is 4. The highest BCUT2D eigenvalue weighted by Gasteiger charge is 2.28. The van der Waals surface area contributed by atoms with Gasteiger partial charge in [-0.2, -0.15) is 0 Å². The van der Waals surface area contributed by atoms with Gasteiger partial charge in [-0.1, -0.05) is 19.8 Å². The Morgan fingerprint density at radius 1 is 1.40 bits per heavy atom. The van der Waals surface area contributed by atoms with Crippen LogP contribution >= 0.6 is 11.6 Å². The molecule has 0 radical (unpaired) electrons. The van der Waals surface area contributed by atoms with Gasteiger partial charge in [0.25, 0.3) is 5.56 Å². The van der Waals surface area contributed by atoms with Crippen LogP contribution in [0.2, 0.25) is 0 Å². The summed E-state index contributed by atoms with van der Waals surface area (Å²) in [6.45, 7) is 2.05. The molecule has 0 saturated heterocycles. The van der Waals surface area contributed by atoms with Crippen LogP contribution in [0, 0.1) is 5.92 Å². The molecule has 0 aliphatic heterocycles. The summed E-state index contributed by atoms with van der Waals surface area (Å²) in [6, 6.07) is -0.0880. The second-order valence-electron chi connectivity index (χ2n) is 5.28. The molecule has 110 valence electrons. The molecule has 1 aliphatic rings. The number of carbonyl (C=O) groups is 1. The van der Waals surface area contributed by atoms with Crippen LogP contribution in [0.3, 0.4) is 0 Å². The van der Waals surface area contributed by atoms with E-state index >= 15 is 0 Å². The van der Waals surface area contributed by atoms with E-state index in [1.807, 2.05) is 6.92 Å². The van der Waals surface area contributed by atoms with E-state index < -0.39 is 17.0 Å². The minimum absolute atomic E-state index is 0.0665. The number of nitrogens with one attached hydrogen (secondary N) is 1. The van der Waals surface area contributed by atoms with Gasteiger partial charge in [0, 0.05) is 6.04 Å². The Hall–Kier alpha value is -1.56. The van der Waals surface area contributed by atoms with Crippen LogP contribution in [0.5, 0.6) is 0 Å². The second kappa shape index (κ2) is 5.83. The van der Waals surface area contributed by atoms with E-state index in [1.54, 1.807) is 0 Å². The van der Waals surface area contributed by atoms with Gasteiger partial charge >= 0.3 is 5.69 Å². The number of nitrogen functional groups attached to an aromatic ring is 1. The Morgan fingerprint density at radius 2 is 2.05 bits per heavy atom. The van der Waals surface area contributed by atoms with Gasteiger partial charge < -0.3 is 5.73 Å². The van der Waals surface area contributed by atoms with Crippen molar-refractivity contribution < 1.29 is 4.79 Å². The van der Waals surface area contributed by atoms with E-state index in [-0.39, 0.29) is 29.2 Å². The van der Waals surface area contributed by atoms with Crippen molar-refractivity contribution in [3.8, 4) is 0 Å². The highest BCUT2D eigenvalue weighted by molar-refractivity contribution is 6.31. The third kappa shape index (κ3) is 2.52. The maximum absolute atomic E-state index is 12.1. The third-order valence-corrected chi connectivity index (χ3v) is 4.22. The van der Waals surface area contributed by atoms with Crippen molar-refractivity contribution in [3.05, 3.63) is 26.4 Å². The largest absolute Gasteiger partial charge is 0.384 e. The quantitative estimate of drug-likeness (QED) is 0.649. The first kappa shape index (κ1) is 14.8. The molecule has 2 unspecified atom stereocenters. The molecule has 0 spiro atoms. The first-order valence-corrected chi connectivity index (χ1v) is 7.24. The summed E-state index contributed by atoms with van der Waals surface area (Å²) in [5, 5.41) is 0. The number of nitrogens with two attached hydrogens (primary N) is 1. The maximum Gasteiger partial charge on any atom is 0.330 e. The Bertz CT molecular complexity index is 635. The summed E-state index contributed by atoms with van der Waals surface area (Å²) in [5.74, 6) is -0.703. The predicted molar refractivity (Wildman–Crippen MR) is 77.5 cm³/mol. The molecule has 0 aromatic carbocycles. The molecule has 1 aromatic heterocycles. The van der Waals surface area contributed by atoms with Crippen LogP contribution in [-0.4, -0.2) is 21.2 Å². The summed E-state index contributed by atoms with van der Waals surface area (Å²) < 4.78 is 1.35. The molecule has 20 heavy (non-hydrogen) atoms. The SMILES string of the molecule is CC1CCCCC1n1c(N)c(C(=O)CCl)c(=O)[nH]c1=O. The van der Waals surface area contributed by atoms with Crippen molar-refractivity contribution in [1.82, 2.24) is 9.55 Å². The van der Waals surface area contributed by atoms with Crippen molar-refractivity contribution in [2.75, 3.05) is 11.6 Å². The number of ketones is 1. The normalized spacial score (nSPS) is 22.7. The molecule has 1 aliphatic carbocycles. The van der Waals surface area contributed by atoms with Gasteiger partial charge in [-0.15, -0.1) is 11.6 Å². The van der Waals surface area contributed by atoms with Gasteiger partial charge in [0.15, 0.2) is 5.78 Å². The van der Waals surface area contributed by atoms with E-state index in [4.69, 9.17) is 17.3 Å². The molecule has 2 rings (SSSR count). The number of halogens is 1. The molecule has 2 atom stereocenters. The van der Waals surface area contributed by atoms with Crippen molar-refractivity contribution in [1.29, 1.82) is 0 Å². The van der Waals surface area contributed by atoms with Gasteiger partial charge in [0.05, 0.1) is 5.88 Å². The lowest BCUT2D eigenvalue weighted by molar-refractivity contribution is 0.101. The molecule has 1 fully saturated rings. The highest BCUT2D eigenvalue weighted by Crippen LogP contribution is 2.33. The van der Waals surface area contributed by atoms with Crippen molar-refractivity contribution in [2.45, 2.75) is 38.6 Å². The Labute approximate surface area is 120 Å². The van der Waals surface area contributed by atoms with Crippen molar-refractivity contribution >= 4 is 23.2 Å². The first-order chi connectivity index (χ1) is 9.47. The van der Waals surface area contributed by atoms with Crippen LogP contribution < -0.4 is 17.0 Å². The molecule has 6 nitrogen and oxygen atoms in total. The number of carbonyl (C=O) groups excluding carboxylic acids is 1. The fraction of sp³-hybridized carbons (Fsp3) is 0.615. The van der Waals surface area contributed by atoms with Crippen molar-refractivity contribution in [3.63, 3.8) is 0 Å². The Kier molecular flexibility index (Phi) is 4.32. The molecule has 7 heteroatoms. The lowest BCUT2D eigenvalue weighted by atomic mass is 9.85. The third-order valence-electron chi connectivity index (χ3n) is 3.98. The Morgan fingerprint density at radius 3 is 2.65 bits per heavy atom. The highest BCUT2D eigenvalue weighted by atomic mass is 35.5. The average Bonchev–Trinajstić information content (AvgIpc) is 2.40. The fourth-order valence-electron chi connectivity index (χ4n) is 2.91. The zero-order valence-electron chi connectivity index (χ0n) is 11.3. The molecule has 1 heterocycles. The van der Waals surface area contributed by atoms with Crippen LogP contribution in [0.1, 0.15) is 49.0 Å². The summed E-state index contributed by atoms with van der Waals surface area (Å²) in [6.07, 6.45) is 3.92. The van der Waals surface area contributed by atoms with Crippen LogP contribution in [0.15, 0.2) is 9.59 Å². The van der Waals surface area contributed by atoms with E-state index in [2.05, 4.69) is 4.98 Å². The number of alkyl halides is 1. The van der Waals surface area contributed by atoms with E-state index in [0.717, 1.165) is 25.7 Å². The second-order valence-corrected chi connectivity index (χ2v) is 5.54. The minimum atomic E-state index is -0.766. The van der Waals surface area contributed by atoms with E-state index in [9.17, 15) is 14.4 Å². The molecular formula is C13H18ClN3O3. The lowest BCUT2D eigenvalue weighted by Crippen LogP contribution is -2.40. The summed E-state index contributed by atoms with van der Waals surface area (Å²) in [4.78, 5) is 37.7. The van der Waals surface area contributed by atoms with Gasteiger partial charge in [0.1, 0.15) is 11.4 Å². The standard InChI is InChI=1S/C13H18ClN3O3/c1-7-4-2-3-5-8(7)17-11(15)10(9(18)6-14)12(19)16-13(17)20/h7-8H,2-6,15H2,1H3,(H,16,19,20). The molecule has 1 saturated carbocycles. The summed E-state index contributed by atoms with van der Waals surface area (Å²) >= 11 is 5.49. The van der Waals surface area contributed by atoms with E-state index in [1.165, 1.54) is 4.57 Å². The van der Waals surface area contributed by atoms with Gasteiger partial charge in [0.2, 0.25) is 0 Å². The van der Waals surface area contributed by atoms with Crippen molar-refractivity contribution in [2.24, 2.45) is 5.92 Å². The number of H-pyrrole nitrogens is 1. The lowest BCUT2D eigenvalue weighted by Gasteiger charge is -2.31. The number of aromatic nitrogens is 2. The fourth-order valence-corrected chi connectivity index (χ4v) is 3.05. The summed E-state index contributed by atoms with van der Waals surface area (Å²) in [7, 11) is 0. The first-order valence-electron chi connectivity index (χ1n) is 6.70. The monoisotopic (exact) mass is 299 g/mol. The van der Waals surface area contributed by atoms with Crippen LogP contribution in [0.25, 0.3) is 0 Å². The zero-order valence-corrected chi connectivity index (χ0v) is 12.1. The smallest absolute Gasteiger partial charge is 0.330 e. The number of aromatic amines is 1. The van der Waals surface area contributed by atoms with E-state index in [0.29, 0.717) is 0 Å². The number of anilines is 1. The minimum Gasteiger partial charge on any atom is -0.384 e. The average molecular weight is 300 g/mol. The molecule has 0 bridgehead atoms. The Balaban J connectivity index is 2.61. The zero-order chi connectivity index (χ0) is 14.9. The number of Topliss-reactive ketones (excluding diaryl/α,β-unsaturated/α-hetero) is 1. The summed E-state index contributed by atoms with van der Waals surface area (Å²) in [5.41, 5.74) is 4.38. The van der Waals surface area contributed by atoms with Crippen LogP contribution in [-0.2, 0) is 0 Å². The molecule has 1 aromatic rings.